The fourth-order valence-corrected chi connectivity index (χ4v) is 4.49. The number of aromatic nitrogens is 3. The number of fused-ring (bicyclic) bond motifs is 2. The monoisotopic (exact) mass is 459 g/mol. The summed E-state index contributed by atoms with van der Waals surface area (Å²) < 4.78 is 3.64. The summed E-state index contributed by atoms with van der Waals surface area (Å²) in [5.74, 6) is -0.879. The summed E-state index contributed by atoms with van der Waals surface area (Å²) in [4.78, 5) is 28.4. The first-order valence-corrected chi connectivity index (χ1v) is 10.9. The molecular formula is C25H22ClN5O2. The van der Waals surface area contributed by atoms with E-state index in [0.717, 1.165) is 28.4 Å². The molecule has 1 aliphatic heterocycles. The highest BCUT2D eigenvalue weighted by atomic mass is 35.5. The van der Waals surface area contributed by atoms with Crippen LogP contribution in [0.1, 0.15) is 11.3 Å². The number of amides is 2. The first-order chi connectivity index (χ1) is 15.9. The number of likely N-dealkylation sites (N-methyl/N-ethyl adjacent to an activating group) is 1. The van der Waals surface area contributed by atoms with Gasteiger partial charge in [-0.2, -0.15) is 5.10 Å². The summed E-state index contributed by atoms with van der Waals surface area (Å²) in [6.07, 6.45) is 3.47. The van der Waals surface area contributed by atoms with Crippen molar-refractivity contribution in [2.45, 2.75) is 6.54 Å². The summed E-state index contributed by atoms with van der Waals surface area (Å²) in [5.41, 5.74) is 3.49. The number of nitrogens with one attached hydrogen (secondary N) is 1. The average molecular weight is 460 g/mol. The Bertz CT molecular complexity index is 1490. The predicted octanol–water partition coefficient (Wildman–Crippen LogP) is 3.87. The van der Waals surface area contributed by atoms with Crippen molar-refractivity contribution in [3.63, 3.8) is 0 Å². The lowest BCUT2D eigenvalue weighted by Gasteiger charge is -2.13. The molecule has 33 heavy (non-hydrogen) atoms. The SMILES string of the molecule is C=Cn1cc(C2=C(c3c4ccccc4nn3CCN(C)C)C(=O)NC2=O)c2cc(Cl)ccc21. The lowest BCUT2D eigenvalue weighted by Crippen LogP contribution is -2.24. The minimum Gasteiger partial charge on any atom is -0.323 e. The maximum Gasteiger partial charge on any atom is 0.261 e. The van der Waals surface area contributed by atoms with Gasteiger partial charge in [-0.15, -0.1) is 0 Å². The molecule has 2 amide bonds. The third-order valence-corrected chi connectivity index (χ3v) is 6.07. The molecule has 2 aromatic heterocycles. The molecule has 0 atom stereocenters. The second-order valence-electron chi connectivity index (χ2n) is 8.22. The van der Waals surface area contributed by atoms with Crippen LogP contribution < -0.4 is 5.32 Å². The maximum absolute atomic E-state index is 13.2. The Labute approximate surface area is 195 Å². The molecule has 1 N–H and O–H groups in total. The summed E-state index contributed by atoms with van der Waals surface area (Å²) in [6, 6.07) is 13.1. The van der Waals surface area contributed by atoms with Crippen molar-refractivity contribution in [3.05, 3.63) is 71.5 Å². The fourth-order valence-electron chi connectivity index (χ4n) is 4.32. The number of rotatable bonds is 6. The molecule has 0 spiro atoms. The summed E-state index contributed by atoms with van der Waals surface area (Å²) >= 11 is 6.29. The van der Waals surface area contributed by atoms with Crippen LogP contribution in [0, 0.1) is 0 Å². The van der Waals surface area contributed by atoms with Crippen molar-refractivity contribution >= 4 is 62.6 Å². The molecule has 8 heteroatoms. The van der Waals surface area contributed by atoms with Crippen LogP contribution in [0.3, 0.4) is 0 Å². The molecule has 5 rings (SSSR count). The third-order valence-electron chi connectivity index (χ3n) is 5.83. The van der Waals surface area contributed by atoms with Crippen molar-refractivity contribution in [1.82, 2.24) is 24.6 Å². The van der Waals surface area contributed by atoms with E-state index < -0.39 is 11.8 Å². The smallest absolute Gasteiger partial charge is 0.261 e. The summed E-state index contributed by atoms with van der Waals surface area (Å²) in [7, 11) is 3.96. The van der Waals surface area contributed by atoms with Gasteiger partial charge in [-0.05, 0) is 38.4 Å². The summed E-state index contributed by atoms with van der Waals surface area (Å²) in [6.45, 7) is 5.16. The van der Waals surface area contributed by atoms with E-state index in [4.69, 9.17) is 16.7 Å². The quantitative estimate of drug-likeness (QED) is 0.444. The van der Waals surface area contributed by atoms with Crippen molar-refractivity contribution in [2.75, 3.05) is 20.6 Å². The Morgan fingerprint density at radius 1 is 1.09 bits per heavy atom. The molecule has 166 valence electrons. The molecule has 3 heterocycles. The van der Waals surface area contributed by atoms with Crippen LogP contribution in [-0.4, -0.2) is 51.7 Å². The van der Waals surface area contributed by atoms with Crippen molar-refractivity contribution < 1.29 is 9.59 Å². The van der Waals surface area contributed by atoms with Gasteiger partial charge in [0.05, 0.1) is 34.4 Å². The van der Waals surface area contributed by atoms with Crippen molar-refractivity contribution in [3.8, 4) is 0 Å². The molecule has 2 aromatic carbocycles. The van der Waals surface area contributed by atoms with E-state index in [1.54, 1.807) is 18.3 Å². The number of halogens is 1. The highest BCUT2D eigenvalue weighted by Gasteiger charge is 2.36. The zero-order valence-corrected chi connectivity index (χ0v) is 19.1. The number of imide groups is 1. The minimum absolute atomic E-state index is 0.310. The number of hydrogen-bond acceptors (Lipinski definition) is 4. The van der Waals surface area contributed by atoms with E-state index in [1.165, 1.54) is 0 Å². The first-order valence-electron chi connectivity index (χ1n) is 10.5. The van der Waals surface area contributed by atoms with Gasteiger partial charge in [0.1, 0.15) is 0 Å². The first kappa shape index (κ1) is 21.2. The van der Waals surface area contributed by atoms with Gasteiger partial charge >= 0.3 is 0 Å². The fraction of sp³-hybridized carbons (Fsp3) is 0.160. The third kappa shape index (κ3) is 3.46. The predicted molar refractivity (Wildman–Crippen MR) is 132 cm³/mol. The largest absolute Gasteiger partial charge is 0.323 e. The molecule has 0 unspecified atom stereocenters. The van der Waals surface area contributed by atoms with E-state index in [0.29, 0.717) is 34.0 Å². The second-order valence-corrected chi connectivity index (χ2v) is 8.66. The van der Waals surface area contributed by atoms with Crippen molar-refractivity contribution in [2.24, 2.45) is 0 Å². The van der Waals surface area contributed by atoms with Crippen LogP contribution >= 0.6 is 11.6 Å². The highest BCUT2D eigenvalue weighted by Crippen LogP contribution is 2.39. The van der Waals surface area contributed by atoms with Gasteiger partial charge in [0.2, 0.25) is 0 Å². The number of benzene rings is 2. The Hall–Kier alpha value is -3.68. The van der Waals surface area contributed by atoms with E-state index in [2.05, 4.69) is 11.9 Å². The van der Waals surface area contributed by atoms with Gasteiger partial charge in [0, 0.05) is 40.3 Å². The van der Waals surface area contributed by atoms with E-state index >= 15 is 0 Å². The highest BCUT2D eigenvalue weighted by molar-refractivity contribution is 6.50. The van der Waals surface area contributed by atoms with E-state index in [1.807, 2.05) is 64.8 Å². The molecule has 0 radical (unpaired) electrons. The lowest BCUT2D eigenvalue weighted by atomic mass is 9.97. The van der Waals surface area contributed by atoms with Gasteiger partial charge in [0.25, 0.3) is 11.8 Å². The van der Waals surface area contributed by atoms with Crippen LogP contribution in [-0.2, 0) is 16.1 Å². The standard InChI is InChI=1S/C25H22ClN5O2/c1-4-30-14-18(17-13-15(26)9-10-20(17)30)21-22(25(33)27-24(21)32)23-16-7-5-6-8-19(16)28-31(23)12-11-29(2)3/h4-10,13-14H,1,11-12H2,2-3H3,(H,27,32,33). The normalized spacial score (nSPS) is 14.2. The van der Waals surface area contributed by atoms with Gasteiger partial charge in [-0.3, -0.25) is 19.6 Å². The van der Waals surface area contributed by atoms with Crippen LogP contribution in [0.2, 0.25) is 5.02 Å². The molecule has 1 aliphatic rings. The number of carbonyl (C=O) groups excluding carboxylic acids is 2. The number of nitrogens with zero attached hydrogens (tertiary/aromatic N) is 4. The van der Waals surface area contributed by atoms with Crippen LogP contribution in [0.4, 0.5) is 0 Å². The number of carbonyl (C=O) groups is 2. The van der Waals surface area contributed by atoms with Crippen molar-refractivity contribution in [1.29, 1.82) is 0 Å². The molecule has 0 fully saturated rings. The van der Waals surface area contributed by atoms with Gasteiger partial charge < -0.3 is 9.47 Å². The topological polar surface area (TPSA) is 72.2 Å². The van der Waals surface area contributed by atoms with Crippen LogP contribution in [0.25, 0.3) is 39.2 Å². The lowest BCUT2D eigenvalue weighted by molar-refractivity contribution is -0.122. The molecule has 0 bridgehead atoms. The van der Waals surface area contributed by atoms with Crippen LogP contribution in [0.15, 0.2) is 55.2 Å². The van der Waals surface area contributed by atoms with Crippen LogP contribution in [0.5, 0.6) is 0 Å². The second kappa shape index (κ2) is 8.03. The molecule has 0 aliphatic carbocycles. The van der Waals surface area contributed by atoms with Gasteiger partial charge in [0.15, 0.2) is 0 Å². The zero-order valence-electron chi connectivity index (χ0n) is 18.3. The number of hydrogen-bond donors (Lipinski definition) is 1. The Kier molecular flexibility index (Phi) is 5.15. The molecule has 0 saturated heterocycles. The molecule has 4 aromatic rings. The maximum atomic E-state index is 13.2. The molecule has 7 nitrogen and oxygen atoms in total. The van der Waals surface area contributed by atoms with E-state index in [-0.39, 0.29) is 0 Å². The molecule has 0 saturated carbocycles. The Balaban J connectivity index is 1.84. The Morgan fingerprint density at radius 2 is 1.85 bits per heavy atom. The zero-order chi connectivity index (χ0) is 23.3. The van der Waals surface area contributed by atoms with Gasteiger partial charge in [-0.25, -0.2) is 0 Å². The van der Waals surface area contributed by atoms with E-state index in [9.17, 15) is 9.59 Å². The van der Waals surface area contributed by atoms with Gasteiger partial charge in [-0.1, -0.05) is 36.4 Å². The average Bonchev–Trinajstić information content (AvgIpc) is 3.41. The summed E-state index contributed by atoms with van der Waals surface area (Å²) in [5, 5.41) is 9.36. The molecular weight excluding hydrogens is 438 g/mol. The Morgan fingerprint density at radius 3 is 2.61 bits per heavy atom. The minimum atomic E-state index is -0.442.